The van der Waals surface area contributed by atoms with Crippen molar-refractivity contribution in [1.82, 2.24) is 4.31 Å². The summed E-state index contributed by atoms with van der Waals surface area (Å²) in [6.45, 7) is 3.77. The SMILES string of the molecule is COC(=O)c1ccoc1COC(=O)c1cc(S(=O)(=O)N2CCCC[C@@H]2C)ccc1C. The molecular formula is C21H25NO7S. The van der Waals surface area contributed by atoms with Gasteiger partial charge in [0, 0.05) is 12.6 Å². The molecule has 9 heteroatoms. The first kappa shape index (κ1) is 22.0. The molecule has 3 rings (SSSR count). The minimum atomic E-state index is -3.72. The zero-order chi connectivity index (χ0) is 21.9. The molecule has 1 aromatic heterocycles. The molecule has 1 atom stereocenters. The fraction of sp³-hybridized carbons (Fsp3) is 0.429. The van der Waals surface area contributed by atoms with Gasteiger partial charge in [-0.3, -0.25) is 0 Å². The number of benzene rings is 1. The Morgan fingerprint density at radius 1 is 1.17 bits per heavy atom. The fourth-order valence-corrected chi connectivity index (χ4v) is 5.23. The van der Waals surface area contributed by atoms with Gasteiger partial charge in [0.2, 0.25) is 10.0 Å². The van der Waals surface area contributed by atoms with E-state index in [4.69, 9.17) is 9.15 Å². The zero-order valence-electron chi connectivity index (χ0n) is 17.2. The predicted molar refractivity (Wildman–Crippen MR) is 108 cm³/mol. The summed E-state index contributed by atoms with van der Waals surface area (Å²) in [5, 5.41) is 0. The van der Waals surface area contributed by atoms with Crippen LogP contribution in [-0.2, 0) is 26.1 Å². The zero-order valence-corrected chi connectivity index (χ0v) is 18.0. The number of hydrogen-bond donors (Lipinski definition) is 0. The quantitative estimate of drug-likeness (QED) is 0.641. The Kier molecular flexibility index (Phi) is 6.62. The number of carbonyl (C=O) groups is 2. The van der Waals surface area contributed by atoms with Gasteiger partial charge in [0.25, 0.3) is 0 Å². The molecule has 0 saturated carbocycles. The second-order valence-electron chi connectivity index (χ2n) is 7.26. The molecule has 1 fully saturated rings. The van der Waals surface area contributed by atoms with Crippen LogP contribution in [0.25, 0.3) is 0 Å². The second kappa shape index (κ2) is 9.01. The molecule has 1 aliphatic heterocycles. The number of carbonyl (C=O) groups excluding carboxylic acids is 2. The van der Waals surface area contributed by atoms with Gasteiger partial charge in [0.05, 0.1) is 23.8 Å². The van der Waals surface area contributed by atoms with E-state index in [0.29, 0.717) is 12.1 Å². The Bertz CT molecular complexity index is 1040. The highest BCUT2D eigenvalue weighted by Crippen LogP contribution is 2.27. The molecule has 0 unspecified atom stereocenters. The Hall–Kier alpha value is -2.65. The van der Waals surface area contributed by atoms with Gasteiger partial charge in [-0.1, -0.05) is 12.5 Å². The van der Waals surface area contributed by atoms with Crippen molar-refractivity contribution in [2.24, 2.45) is 0 Å². The fourth-order valence-electron chi connectivity index (χ4n) is 3.50. The van der Waals surface area contributed by atoms with Crippen molar-refractivity contribution in [3.05, 3.63) is 53.0 Å². The topological polar surface area (TPSA) is 103 Å². The van der Waals surface area contributed by atoms with Gasteiger partial charge in [-0.2, -0.15) is 4.31 Å². The molecule has 8 nitrogen and oxygen atoms in total. The van der Waals surface area contributed by atoms with Gasteiger partial charge >= 0.3 is 11.9 Å². The van der Waals surface area contributed by atoms with Crippen LogP contribution in [0, 0.1) is 6.92 Å². The molecule has 30 heavy (non-hydrogen) atoms. The first-order chi connectivity index (χ1) is 14.3. The number of esters is 2. The van der Waals surface area contributed by atoms with Crippen molar-refractivity contribution < 1.29 is 31.9 Å². The lowest BCUT2D eigenvalue weighted by Crippen LogP contribution is -2.41. The lowest BCUT2D eigenvalue weighted by atomic mass is 10.1. The normalized spacial score (nSPS) is 17.5. The molecule has 0 bridgehead atoms. The third-order valence-electron chi connectivity index (χ3n) is 5.26. The van der Waals surface area contributed by atoms with Crippen molar-refractivity contribution in [2.75, 3.05) is 13.7 Å². The number of sulfonamides is 1. The van der Waals surface area contributed by atoms with E-state index in [2.05, 4.69) is 4.74 Å². The van der Waals surface area contributed by atoms with Crippen molar-refractivity contribution in [3.63, 3.8) is 0 Å². The van der Waals surface area contributed by atoms with Gasteiger partial charge < -0.3 is 13.9 Å². The maximum absolute atomic E-state index is 13.1. The number of rotatable bonds is 6. The summed E-state index contributed by atoms with van der Waals surface area (Å²) < 4.78 is 42.8. The van der Waals surface area contributed by atoms with Crippen LogP contribution >= 0.6 is 0 Å². The number of piperidine rings is 1. The van der Waals surface area contributed by atoms with Gasteiger partial charge in [-0.15, -0.1) is 0 Å². The number of methoxy groups -OCH3 is 1. The molecule has 162 valence electrons. The molecule has 0 radical (unpaired) electrons. The Labute approximate surface area is 175 Å². The minimum Gasteiger partial charge on any atom is -0.465 e. The van der Waals surface area contributed by atoms with Crippen LogP contribution in [0.1, 0.15) is 58.2 Å². The third-order valence-corrected chi connectivity index (χ3v) is 7.27. The van der Waals surface area contributed by atoms with Gasteiger partial charge in [-0.05, 0) is 50.5 Å². The Morgan fingerprint density at radius 3 is 2.63 bits per heavy atom. The molecule has 0 spiro atoms. The number of aryl methyl sites for hydroxylation is 1. The van der Waals surface area contributed by atoms with E-state index in [1.165, 1.54) is 35.9 Å². The van der Waals surface area contributed by atoms with Crippen LogP contribution in [0.3, 0.4) is 0 Å². The van der Waals surface area contributed by atoms with E-state index >= 15 is 0 Å². The first-order valence-electron chi connectivity index (χ1n) is 9.70. The van der Waals surface area contributed by atoms with Gasteiger partial charge in [0.1, 0.15) is 5.56 Å². The smallest absolute Gasteiger partial charge is 0.341 e. The number of furan rings is 1. The molecule has 0 N–H and O–H groups in total. The Morgan fingerprint density at radius 2 is 1.93 bits per heavy atom. The highest BCUT2D eigenvalue weighted by Gasteiger charge is 2.31. The van der Waals surface area contributed by atoms with Gasteiger partial charge in [0.15, 0.2) is 12.4 Å². The van der Waals surface area contributed by atoms with Crippen molar-refractivity contribution in [1.29, 1.82) is 0 Å². The monoisotopic (exact) mass is 435 g/mol. The second-order valence-corrected chi connectivity index (χ2v) is 9.15. The van der Waals surface area contributed by atoms with Crippen LogP contribution in [0.5, 0.6) is 0 Å². The third kappa shape index (κ3) is 4.41. The van der Waals surface area contributed by atoms with Crippen molar-refractivity contribution in [3.8, 4) is 0 Å². The van der Waals surface area contributed by atoms with E-state index in [0.717, 1.165) is 19.3 Å². The average Bonchev–Trinajstić information content (AvgIpc) is 3.20. The largest absolute Gasteiger partial charge is 0.465 e. The summed E-state index contributed by atoms with van der Waals surface area (Å²) >= 11 is 0. The molecule has 2 aromatic rings. The van der Waals surface area contributed by atoms with E-state index in [9.17, 15) is 18.0 Å². The summed E-state index contributed by atoms with van der Waals surface area (Å²) in [6.07, 6.45) is 3.92. The highest BCUT2D eigenvalue weighted by molar-refractivity contribution is 7.89. The minimum absolute atomic E-state index is 0.0575. The number of nitrogens with zero attached hydrogens (tertiary/aromatic N) is 1. The van der Waals surface area contributed by atoms with Crippen LogP contribution in [0.2, 0.25) is 0 Å². The lowest BCUT2D eigenvalue weighted by Gasteiger charge is -2.32. The molecule has 0 aliphatic carbocycles. The van der Waals surface area contributed by atoms with E-state index in [1.54, 1.807) is 13.0 Å². The van der Waals surface area contributed by atoms with E-state index in [-0.39, 0.29) is 34.4 Å². The van der Waals surface area contributed by atoms with Gasteiger partial charge in [-0.25, -0.2) is 18.0 Å². The number of ether oxygens (including phenoxy) is 2. The molecule has 2 heterocycles. The van der Waals surface area contributed by atoms with Crippen LogP contribution in [0.15, 0.2) is 39.8 Å². The maximum Gasteiger partial charge on any atom is 0.341 e. The lowest BCUT2D eigenvalue weighted by molar-refractivity contribution is 0.0431. The average molecular weight is 435 g/mol. The van der Waals surface area contributed by atoms with Crippen LogP contribution in [-0.4, -0.2) is 44.4 Å². The summed E-state index contributed by atoms with van der Waals surface area (Å²) in [5.41, 5.74) is 0.891. The highest BCUT2D eigenvalue weighted by atomic mass is 32.2. The standard InChI is InChI=1S/C21H25NO7S/c1-14-7-8-16(30(25,26)22-10-5-4-6-15(22)2)12-18(14)21(24)29-13-19-17(9-11-28-19)20(23)27-3/h7-9,11-12,15H,4-6,10,13H2,1-3H3/t15-/m0/s1. The summed E-state index contributed by atoms with van der Waals surface area (Å²) in [4.78, 5) is 24.4. The predicted octanol–water partition coefficient (Wildman–Crippen LogP) is 3.29. The number of hydrogen-bond acceptors (Lipinski definition) is 7. The van der Waals surface area contributed by atoms with E-state index < -0.39 is 22.0 Å². The van der Waals surface area contributed by atoms with Crippen LogP contribution < -0.4 is 0 Å². The van der Waals surface area contributed by atoms with Crippen LogP contribution in [0.4, 0.5) is 0 Å². The summed E-state index contributed by atoms with van der Waals surface area (Å²) in [5.74, 6) is -1.16. The molecular weight excluding hydrogens is 410 g/mol. The van der Waals surface area contributed by atoms with E-state index in [1.807, 2.05) is 6.92 Å². The van der Waals surface area contributed by atoms with Crippen molar-refractivity contribution in [2.45, 2.75) is 50.7 Å². The summed E-state index contributed by atoms with van der Waals surface area (Å²) in [6, 6.07) is 5.77. The molecule has 1 aliphatic rings. The first-order valence-corrected chi connectivity index (χ1v) is 11.1. The maximum atomic E-state index is 13.1. The molecule has 0 amide bonds. The molecule has 1 aromatic carbocycles. The Balaban J connectivity index is 1.80. The van der Waals surface area contributed by atoms with Crippen molar-refractivity contribution >= 4 is 22.0 Å². The molecule has 1 saturated heterocycles. The summed E-state index contributed by atoms with van der Waals surface area (Å²) in [7, 11) is -2.48.